The highest BCUT2D eigenvalue weighted by Crippen LogP contribution is 2.40. The van der Waals surface area contributed by atoms with Crippen LogP contribution in [0.2, 0.25) is 0 Å². The number of rotatable bonds is 3. The number of fused-ring (bicyclic) bond motifs is 2. The molecule has 0 atom stereocenters. The van der Waals surface area contributed by atoms with E-state index in [1.165, 1.54) is 0 Å². The number of piperidine rings is 1. The molecule has 0 bridgehead atoms. The Morgan fingerprint density at radius 3 is 2.93 bits per heavy atom. The smallest absolute Gasteiger partial charge is 0.177 e. The van der Waals surface area contributed by atoms with Crippen molar-refractivity contribution in [3.8, 4) is 22.5 Å². The molecule has 5 aromatic rings. The number of nitrogen functional groups attached to an aromatic ring is 1. The molecule has 6 rings (SSSR count). The Hall–Kier alpha value is -3.23. The predicted octanol–water partition coefficient (Wildman–Crippen LogP) is 4.47. The molecule has 1 fully saturated rings. The summed E-state index contributed by atoms with van der Waals surface area (Å²) in [4.78, 5) is 8.60. The number of hydrogen-bond acceptors (Lipinski definition) is 7. The molecule has 0 aromatic carbocycles. The van der Waals surface area contributed by atoms with Gasteiger partial charge in [-0.1, -0.05) is 0 Å². The second-order valence-corrected chi connectivity index (χ2v) is 8.53. The van der Waals surface area contributed by atoms with Gasteiger partial charge in [-0.3, -0.25) is 9.67 Å². The van der Waals surface area contributed by atoms with E-state index in [0.717, 1.165) is 63.9 Å². The van der Waals surface area contributed by atoms with Crippen molar-refractivity contribution in [2.24, 2.45) is 0 Å². The van der Waals surface area contributed by atoms with E-state index in [1.54, 1.807) is 17.5 Å². The first-order valence-corrected chi connectivity index (χ1v) is 10.9. The lowest BCUT2D eigenvalue weighted by Gasteiger charge is -2.22. The molecular formula is C22H20N6OS. The third kappa shape index (κ3) is 2.79. The summed E-state index contributed by atoms with van der Waals surface area (Å²) in [6.07, 6.45) is 11.7. The summed E-state index contributed by atoms with van der Waals surface area (Å²) in [5.41, 5.74) is 9.83. The Labute approximate surface area is 176 Å². The van der Waals surface area contributed by atoms with Gasteiger partial charge in [-0.2, -0.15) is 5.10 Å². The number of thiophene rings is 1. The quantitative estimate of drug-likeness (QED) is 0.450. The van der Waals surface area contributed by atoms with Gasteiger partial charge in [0.2, 0.25) is 0 Å². The topological polar surface area (TPSA) is 94.8 Å². The Kier molecular flexibility index (Phi) is 4.07. The number of anilines is 1. The van der Waals surface area contributed by atoms with Crippen molar-refractivity contribution >= 4 is 38.2 Å². The minimum Gasteiger partial charge on any atom is -0.452 e. The molecule has 3 N–H and O–H groups in total. The van der Waals surface area contributed by atoms with E-state index < -0.39 is 0 Å². The minimum atomic E-state index is 0.395. The summed E-state index contributed by atoms with van der Waals surface area (Å²) in [7, 11) is 0. The van der Waals surface area contributed by atoms with Gasteiger partial charge in [-0.05, 0) is 38.1 Å². The first kappa shape index (κ1) is 17.6. The van der Waals surface area contributed by atoms with E-state index in [4.69, 9.17) is 10.2 Å². The maximum absolute atomic E-state index is 6.20. The number of furan rings is 1. The monoisotopic (exact) mass is 416 g/mol. The SMILES string of the molecule is Nc1ncc(-c2cnn(C3CCNCC3)c2)c2cc(-c3csc4cnccc34)oc12. The first-order valence-electron chi connectivity index (χ1n) is 10.0. The molecule has 150 valence electrons. The molecule has 0 saturated carbocycles. The number of nitrogens with two attached hydrogens (primary N) is 1. The molecule has 0 unspecified atom stereocenters. The van der Waals surface area contributed by atoms with Crippen LogP contribution in [0.4, 0.5) is 5.82 Å². The Balaban J connectivity index is 1.46. The van der Waals surface area contributed by atoms with Crippen LogP contribution in [0.5, 0.6) is 0 Å². The standard InChI is InChI=1S/C22H20N6OS/c23-22-21-16(7-19(29-21)18-12-30-20-10-25-6-3-15(18)20)17(9-26-22)13-8-27-28(11-13)14-1-4-24-5-2-14/h3,6-12,14,24H,1-2,4-5H2,(H2,23,26). The molecule has 1 saturated heterocycles. The fraction of sp³-hybridized carbons (Fsp3) is 0.227. The maximum atomic E-state index is 6.20. The highest BCUT2D eigenvalue weighted by atomic mass is 32.1. The van der Waals surface area contributed by atoms with Crippen molar-refractivity contribution in [3.63, 3.8) is 0 Å². The maximum Gasteiger partial charge on any atom is 0.177 e. The van der Waals surface area contributed by atoms with Crippen LogP contribution in [0, 0.1) is 0 Å². The predicted molar refractivity (Wildman–Crippen MR) is 119 cm³/mol. The highest BCUT2D eigenvalue weighted by molar-refractivity contribution is 7.17. The minimum absolute atomic E-state index is 0.395. The molecule has 0 amide bonds. The zero-order valence-corrected chi connectivity index (χ0v) is 17.0. The van der Waals surface area contributed by atoms with E-state index >= 15 is 0 Å². The van der Waals surface area contributed by atoms with Gasteiger partial charge in [0, 0.05) is 57.6 Å². The second-order valence-electron chi connectivity index (χ2n) is 7.62. The van der Waals surface area contributed by atoms with Crippen molar-refractivity contribution in [3.05, 3.63) is 48.5 Å². The van der Waals surface area contributed by atoms with Crippen molar-refractivity contribution in [1.82, 2.24) is 25.1 Å². The number of hydrogen-bond donors (Lipinski definition) is 2. The van der Waals surface area contributed by atoms with E-state index in [2.05, 4.69) is 42.7 Å². The first-order chi connectivity index (χ1) is 14.8. The largest absolute Gasteiger partial charge is 0.452 e. The van der Waals surface area contributed by atoms with Gasteiger partial charge in [0.05, 0.1) is 16.9 Å². The number of nitrogens with zero attached hydrogens (tertiary/aromatic N) is 4. The lowest BCUT2D eigenvalue weighted by Crippen LogP contribution is -2.29. The number of pyridine rings is 2. The van der Waals surface area contributed by atoms with Crippen LogP contribution in [0.3, 0.4) is 0 Å². The van der Waals surface area contributed by atoms with Crippen LogP contribution < -0.4 is 11.1 Å². The van der Waals surface area contributed by atoms with Gasteiger partial charge in [-0.25, -0.2) is 4.98 Å². The van der Waals surface area contributed by atoms with Gasteiger partial charge >= 0.3 is 0 Å². The zero-order chi connectivity index (χ0) is 20.1. The third-order valence-electron chi connectivity index (χ3n) is 5.83. The van der Waals surface area contributed by atoms with Gasteiger partial charge in [0.15, 0.2) is 11.4 Å². The Morgan fingerprint density at radius 2 is 2.03 bits per heavy atom. The molecule has 8 heteroatoms. The van der Waals surface area contributed by atoms with Crippen LogP contribution in [-0.2, 0) is 0 Å². The summed E-state index contributed by atoms with van der Waals surface area (Å²) < 4.78 is 9.41. The number of nitrogens with one attached hydrogen (secondary N) is 1. The van der Waals surface area contributed by atoms with E-state index in [0.29, 0.717) is 17.4 Å². The molecule has 0 aliphatic carbocycles. The lowest BCUT2D eigenvalue weighted by molar-refractivity contribution is 0.343. The summed E-state index contributed by atoms with van der Waals surface area (Å²) in [6, 6.07) is 4.51. The molecule has 7 nitrogen and oxygen atoms in total. The Bertz CT molecular complexity index is 1360. The fourth-order valence-electron chi connectivity index (χ4n) is 4.23. The third-order valence-corrected chi connectivity index (χ3v) is 6.76. The fourth-order valence-corrected chi connectivity index (χ4v) is 5.14. The summed E-state index contributed by atoms with van der Waals surface area (Å²) in [6.45, 7) is 2.06. The average molecular weight is 417 g/mol. The van der Waals surface area contributed by atoms with Crippen molar-refractivity contribution in [1.29, 1.82) is 0 Å². The second kappa shape index (κ2) is 6.93. The molecule has 1 aliphatic heterocycles. The van der Waals surface area contributed by atoms with Gasteiger partial charge in [0.1, 0.15) is 5.76 Å². The van der Waals surface area contributed by atoms with Gasteiger partial charge in [0.25, 0.3) is 0 Å². The lowest BCUT2D eigenvalue weighted by atomic mass is 10.1. The zero-order valence-electron chi connectivity index (χ0n) is 16.2. The highest BCUT2D eigenvalue weighted by Gasteiger charge is 2.20. The van der Waals surface area contributed by atoms with Gasteiger partial charge < -0.3 is 15.5 Å². The van der Waals surface area contributed by atoms with E-state index in [-0.39, 0.29) is 0 Å². The van der Waals surface area contributed by atoms with Gasteiger partial charge in [-0.15, -0.1) is 11.3 Å². The van der Waals surface area contributed by atoms with Crippen LogP contribution in [0.25, 0.3) is 43.5 Å². The molecule has 0 spiro atoms. The van der Waals surface area contributed by atoms with Crippen LogP contribution >= 0.6 is 11.3 Å². The molecule has 30 heavy (non-hydrogen) atoms. The molecule has 0 radical (unpaired) electrons. The van der Waals surface area contributed by atoms with Crippen molar-refractivity contribution < 1.29 is 4.42 Å². The summed E-state index contributed by atoms with van der Waals surface area (Å²) in [5.74, 6) is 1.18. The molecule has 1 aliphatic rings. The number of aromatic nitrogens is 4. The molecule has 5 aromatic heterocycles. The van der Waals surface area contributed by atoms with Crippen molar-refractivity contribution in [2.75, 3.05) is 18.8 Å². The molecule has 6 heterocycles. The van der Waals surface area contributed by atoms with Crippen molar-refractivity contribution in [2.45, 2.75) is 18.9 Å². The van der Waals surface area contributed by atoms with E-state index in [1.807, 2.05) is 24.7 Å². The summed E-state index contributed by atoms with van der Waals surface area (Å²) in [5, 5.41) is 12.2. The average Bonchev–Trinajstić information content (AvgIpc) is 3.52. The van der Waals surface area contributed by atoms with Crippen LogP contribution in [0.1, 0.15) is 18.9 Å². The van der Waals surface area contributed by atoms with Crippen LogP contribution in [-0.4, -0.2) is 32.8 Å². The molecular weight excluding hydrogens is 396 g/mol. The van der Waals surface area contributed by atoms with Crippen LogP contribution in [0.15, 0.2) is 52.9 Å². The van der Waals surface area contributed by atoms with E-state index in [9.17, 15) is 0 Å². The summed E-state index contributed by atoms with van der Waals surface area (Å²) >= 11 is 1.65. The normalized spacial score (nSPS) is 15.3. The Morgan fingerprint density at radius 1 is 1.13 bits per heavy atom.